The lowest BCUT2D eigenvalue weighted by molar-refractivity contribution is -0.960. The Kier molecular flexibility index (Phi) is 7.72. The Balaban J connectivity index is 1.27. The summed E-state index contributed by atoms with van der Waals surface area (Å²) in [5, 5.41) is 15.3. The van der Waals surface area contributed by atoms with Crippen molar-refractivity contribution in [2.24, 2.45) is 5.10 Å². The van der Waals surface area contributed by atoms with E-state index in [1.807, 2.05) is 12.1 Å². The van der Waals surface area contributed by atoms with Crippen molar-refractivity contribution in [2.75, 3.05) is 18.8 Å². The number of nitro benzene ring substituents is 1. The van der Waals surface area contributed by atoms with Crippen molar-refractivity contribution in [2.45, 2.75) is 18.2 Å². The number of hydrazone groups is 1. The van der Waals surface area contributed by atoms with E-state index in [1.165, 1.54) is 28.2 Å². The van der Waals surface area contributed by atoms with E-state index in [0.29, 0.717) is 22.8 Å². The number of likely N-dealkylation sites (tertiary alicyclic amines) is 1. The summed E-state index contributed by atoms with van der Waals surface area (Å²) in [4.78, 5) is 24.1. The van der Waals surface area contributed by atoms with Gasteiger partial charge in [-0.25, -0.2) is 5.43 Å². The van der Waals surface area contributed by atoms with Crippen LogP contribution in [0, 0.1) is 10.1 Å². The highest BCUT2D eigenvalue weighted by Gasteiger charge is 2.38. The number of amides is 1. The number of hydrogen-bond donors (Lipinski definition) is 2. The summed E-state index contributed by atoms with van der Waals surface area (Å²) in [6.07, 6.45) is 0. The first-order valence-corrected chi connectivity index (χ1v) is 12.2. The van der Waals surface area contributed by atoms with Crippen molar-refractivity contribution < 1.29 is 14.6 Å². The van der Waals surface area contributed by atoms with Gasteiger partial charge in [-0.15, -0.1) is 11.8 Å². The van der Waals surface area contributed by atoms with Crippen LogP contribution in [0.3, 0.4) is 0 Å². The molecule has 0 aromatic heterocycles. The van der Waals surface area contributed by atoms with E-state index in [0.717, 1.165) is 18.7 Å². The van der Waals surface area contributed by atoms with Crippen molar-refractivity contribution in [3.63, 3.8) is 0 Å². The van der Waals surface area contributed by atoms with Gasteiger partial charge in [-0.3, -0.25) is 14.9 Å². The van der Waals surface area contributed by atoms with Gasteiger partial charge in [0.2, 0.25) is 5.91 Å². The van der Waals surface area contributed by atoms with E-state index in [1.54, 1.807) is 30.8 Å². The third-order valence-electron chi connectivity index (χ3n) is 5.95. The van der Waals surface area contributed by atoms with E-state index < -0.39 is 4.92 Å². The number of rotatable bonds is 9. The number of nitrogens with zero attached hydrogens (tertiary/aromatic N) is 2. The molecule has 3 aromatic carbocycles. The summed E-state index contributed by atoms with van der Waals surface area (Å²) in [5.74, 6) is 0.193. The molecule has 0 saturated carbocycles. The van der Waals surface area contributed by atoms with E-state index in [2.05, 4.69) is 59.1 Å². The predicted molar refractivity (Wildman–Crippen MR) is 135 cm³/mol. The summed E-state index contributed by atoms with van der Waals surface area (Å²) >= 11 is 1.66. The van der Waals surface area contributed by atoms with Gasteiger partial charge < -0.3 is 4.90 Å². The first-order valence-electron chi connectivity index (χ1n) is 11.2. The molecule has 0 aliphatic carbocycles. The molecule has 7 nitrogen and oxygen atoms in total. The molecule has 34 heavy (non-hydrogen) atoms. The zero-order chi connectivity index (χ0) is 23.9. The number of nitrogens with one attached hydrogen (secondary N) is 2. The SMILES string of the molecule is C/C(=N\NC(=O)CSC1C[NH+](C(c2ccccc2)c2ccccc2)C1)c1ccc([N+](=O)[O-])cc1. The molecule has 1 aliphatic rings. The maximum Gasteiger partial charge on any atom is 0.269 e. The molecule has 174 valence electrons. The number of carbonyl (C=O) groups excluding carboxylic acids is 1. The standard InChI is InChI=1S/C26H26N4O3S/c1-19(20-12-14-23(15-13-20)30(32)33)27-28-25(31)18-34-24-16-29(17-24)26(21-8-4-2-5-9-21)22-10-6-3-7-11-22/h2-15,24,26H,16-18H2,1H3,(H,28,31)/p+1/b27-19+. The lowest BCUT2D eigenvalue weighted by Gasteiger charge is -2.40. The highest BCUT2D eigenvalue weighted by Crippen LogP contribution is 2.22. The number of non-ortho nitro benzene ring substituents is 1. The Morgan fingerprint density at radius 2 is 1.59 bits per heavy atom. The van der Waals surface area contributed by atoms with Gasteiger partial charge in [-0.2, -0.15) is 5.10 Å². The van der Waals surface area contributed by atoms with Gasteiger partial charge in [0, 0.05) is 23.3 Å². The predicted octanol–water partition coefficient (Wildman–Crippen LogP) is 3.22. The monoisotopic (exact) mass is 475 g/mol. The average Bonchev–Trinajstić information content (AvgIpc) is 2.85. The summed E-state index contributed by atoms with van der Waals surface area (Å²) in [5.41, 5.74) is 6.56. The lowest BCUT2D eigenvalue weighted by Crippen LogP contribution is -3.21. The van der Waals surface area contributed by atoms with E-state index in [-0.39, 0.29) is 11.6 Å². The Labute approximate surface area is 203 Å². The van der Waals surface area contributed by atoms with Gasteiger partial charge in [-0.05, 0) is 24.6 Å². The maximum absolute atomic E-state index is 12.3. The molecule has 0 radical (unpaired) electrons. The topological polar surface area (TPSA) is 89.0 Å². The summed E-state index contributed by atoms with van der Waals surface area (Å²) in [6, 6.07) is 27.5. The Bertz CT molecular complexity index is 1110. The second-order valence-corrected chi connectivity index (χ2v) is 9.58. The second kappa shape index (κ2) is 11.1. The Morgan fingerprint density at radius 1 is 1.03 bits per heavy atom. The molecule has 1 heterocycles. The van der Waals surface area contributed by atoms with Gasteiger partial charge in [0.1, 0.15) is 11.3 Å². The smallest absolute Gasteiger partial charge is 0.269 e. The molecule has 0 atom stereocenters. The van der Waals surface area contributed by atoms with Crippen LogP contribution in [0.2, 0.25) is 0 Å². The third-order valence-corrected chi connectivity index (χ3v) is 7.18. The summed E-state index contributed by atoms with van der Waals surface area (Å²) < 4.78 is 0. The maximum atomic E-state index is 12.3. The van der Waals surface area contributed by atoms with Crippen LogP contribution in [0.4, 0.5) is 5.69 Å². The van der Waals surface area contributed by atoms with Crippen molar-refractivity contribution in [1.29, 1.82) is 0 Å². The van der Waals surface area contributed by atoms with E-state index in [9.17, 15) is 14.9 Å². The highest BCUT2D eigenvalue weighted by molar-refractivity contribution is 8.00. The largest absolute Gasteiger partial charge is 0.323 e. The minimum atomic E-state index is -0.444. The van der Waals surface area contributed by atoms with Crippen LogP contribution in [0.5, 0.6) is 0 Å². The van der Waals surface area contributed by atoms with Crippen molar-refractivity contribution in [1.82, 2.24) is 5.43 Å². The third kappa shape index (κ3) is 5.89. The fraction of sp³-hybridized carbons (Fsp3) is 0.231. The lowest BCUT2D eigenvalue weighted by atomic mass is 9.94. The zero-order valence-electron chi connectivity index (χ0n) is 18.9. The minimum absolute atomic E-state index is 0.0235. The van der Waals surface area contributed by atoms with Crippen LogP contribution in [-0.2, 0) is 4.79 Å². The summed E-state index contributed by atoms with van der Waals surface area (Å²) in [7, 11) is 0. The molecule has 1 fully saturated rings. The van der Waals surface area contributed by atoms with Crippen LogP contribution in [-0.4, -0.2) is 40.6 Å². The fourth-order valence-electron chi connectivity index (χ4n) is 4.09. The molecule has 4 rings (SSSR count). The fourth-order valence-corrected chi connectivity index (χ4v) is 5.21. The number of quaternary nitrogens is 1. The molecule has 1 aliphatic heterocycles. The van der Waals surface area contributed by atoms with Crippen molar-refractivity contribution >= 4 is 29.1 Å². The van der Waals surface area contributed by atoms with Crippen LogP contribution in [0.25, 0.3) is 0 Å². The quantitative estimate of drug-likeness (QED) is 0.283. The zero-order valence-corrected chi connectivity index (χ0v) is 19.7. The normalized spacial score (nSPS) is 17.8. The highest BCUT2D eigenvalue weighted by atomic mass is 32.2. The minimum Gasteiger partial charge on any atom is -0.323 e. The van der Waals surface area contributed by atoms with E-state index >= 15 is 0 Å². The van der Waals surface area contributed by atoms with Crippen molar-refractivity contribution in [3.05, 3.63) is 112 Å². The van der Waals surface area contributed by atoms with E-state index in [4.69, 9.17) is 0 Å². The first-order chi connectivity index (χ1) is 16.5. The van der Waals surface area contributed by atoms with Crippen LogP contribution in [0.15, 0.2) is 90.0 Å². The van der Waals surface area contributed by atoms with Gasteiger partial charge in [0.15, 0.2) is 0 Å². The second-order valence-electron chi connectivity index (χ2n) is 8.29. The van der Waals surface area contributed by atoms with Crippen LogP contribution >= 0.6 is 11.8 Å². The summed E-state index contributed by atoms with van der Waals surface area (Å²) in [6.45, 7) is 3.75. The number of carbonyl (C=O) groups is 1. The van der Waals surface area contributed by atoms with Crippen LogP contribution in [0.1, 0.15) is 29.7 Å². The van der Waals surface area contributed by atoms with Crippen LogP contribution < -0.4 is 10.3 Å². The number of benzene rings is 3. The molecular formula is C26H27N4O3S+. The van der Waals surface area contributed by atoms with Gasteiger partial charge >= 0.3 is 0 Å². The van der Waals surface area contributed by atoms with Gasteiger partial charge in [-0.1, -0.05) is 60.7 Å². The molecule has 0 bridgehead atoms. The number of thioether (sulfide) groups is 1. The number of hydrogen-bond acceptors (Lipinski definition) is 5. The Morgan fingerprint density at radius 3 is 2.12 bits per heavy atom. The molecule has 0 unspecified atom stereocenters. The van der Waals surface area contributed by atoms with Gasteiger partial charge in [0.05, 0.1) is 29.5 Å². The molecule has 2 N–H and O–H groups in total. The molecule has 1 amide bonds. The van der Waals surface area contributed by atoms with Gasteiger partial charge in [0.25, 0.3) is 5.69 Å². The van der Waals surface area contributed by atoms with Crippen molar-refractivity contribution in [3.8, 4) is 0 Å². The molecular weight excluding hydrogens is 448 g/mol. The molecule has 8 heteroatoms. The molecule has 0 spiro atoms. The first kappa shape index (κ1) is 23.7. The molecule has 3 aromatic rings. The Hall–Kier alpha value is -3.49. The molecule has 1 saturated heterocycles. The average molecular weight is 476 g/mol. The number of nitro groups is 1.